The molecule has 0 bridgehead atoms. The molecule has 5 nitrogen and oxygen atoms in total. The molecule has 104 valence electrons. The number of carbonyl (C=O) groups excluding carboxylic acids is 1. The summed E-state index contributed by atoms with van der Waals surface area (Å²) in [6, 6.07) is 3.34. The van der Waals surface area contributed by atoms with Crippen LogP contribution in [-0.2, 0) is 4.79 Å². The van der Waals surface area contributed by atoms with Crippen molar-refractivity contribution in [2.24, 2.45) is 0 Å². The van der Waals surface area contributed by atoms with Crippen molar-refractivity contribution in [1.29, 1.82) is 0 Å². The first kappa shape index (κ1) is 15.7. The lowest BCUT2D eigenvalue weighted by atomic mass is 10.2. The molecule has 1 rings (SSSR count). The van der Waals surface area contributed by atoms with Crippen molar-refractivity contribution in [1.82, 2.24) is 5.32 Å². The minimum Gasteiger partial charge on any atom is -0.481 e. The van der Waals surface area contributed by atoms with Crippen LogP contribution < -0.4 is 10.6 Å². The van der Waals surface area contributed by atoms with Crippen LogP contribution in [0.3, 0.4) is 0 Å². The topological polar surface area (TPSA) is 78.4 Å². The van der Waals surface area contributed by atoms with Gasteiger partial charge in [0.25, 0.3) is 0 Å². The number of rotatable bonds is 5. The summed E-state index contributed by atoms with van der Waals surface area (Å²) >= 11 is 1.92. The molecule has 1 unspecified atom stereocenters. The van der Waals surface area contributed by atoms with Crippen LogP contribution in [0.2, 0.25) is 0 Å². The van der Waals surface area contributed by atoms with Gasteiger partial charge in [-0.25, -0.2) is 9.18 Å². The Labute approximate surface area is 123 Å². The Balaban J connectivity index is 2.48. The minimum atomic E-state index is -0.901. The second kappa shape index (κ2) is 7.27. The highest BCUT2D eigenvalue weighted by Crippen LogP contribution is 2.18. The lowest BCUT2D eigenvalue weighted by Gasteiger charge is -2.14. The van der Waals surface area contributed by atoms with E-state index in [9.17, 15) is 14.0 Å². The van der Waals surface area contributed by atoms with Crippen LogP contribution in [-0.4, -0.2) is 23.1 Å². The summed E-state index contributed by atoms with van der Waals surface area (Å²) in [6.45, 7) is 1.72. The quantitative estimate of drug-likeness (QED) is 0.688. The zero-order valence-corrected chi connectivity index (χ0v) is 12.4. The van der Waals surface area contributed by atoms with Gasteiger partial charge in [-0.2, -0.15) is 0 Å². The van der Waals surface area contributed by atoms with E-state index >= 15 is 0 Å². The van der Waals surface area contributed by atoms with Gasteiger partial charge >= 0.3 is 12.0 Å². The van der Waals surface area contributed by atoms with E-state index in [0.717, 1.165) is 0 Å². The van der Waals surface area contributed by atoms with Crippen molar-refractivity contribution in [3.63, 3.8) is 0 Å². The number of hydrogen-bond acceptors (Lipinski definition) is 2. The van der Waals surface area contributed by atoms with E-state index in [-0.39, 0.29) is 18.3 Å². The molecule has 0 spiro atoms. The van der Waals surface area contributed by atoms with Crippen LogP contribution in [0.5, 0.6) is 0 Å². The Morgan fingerprint density at radius 1 is 1.47 bits per heavy atom. The molecule has 0 aliphatic rings. The number of benzene rings is 1. The summed E-state index contributed by atoms with van der Waals surface area (Å²) in [5, 5.41) is 13.7. The highest BCUT2D eigenvalue weighted by molar-refractivity contribution is 14.1. The zero-order valence-electron chi connectivity index (χ0n) is 10.2. The fraction of sp³-hybridized carbons (Fsp3) is 0.333. The monoisotopic (exact) mass is 380 g/mol. The van der Waals surface area contributed by atoms with Gasteiger partial charge in [0.2, 0.25) is 0 Å². The van der Waals surface area contributed by atoms with Crippen LogP contribution in [0.4, 0.5) is 14.9 Å². The molecule has 0 aliphatic carbocycles. The molecule has 0 radical (unpaired) electrons. The number of hydrogen-bond donors (Lipinski definition) is 3. The number of anilines is 1. The van der Waals surface area contributed by atoms with E-state index in [1.54, 1.807) is 6.92 Å². The predicted octanol–water partition coefficient (Wildman–Crippen LogP) is 2.81. The zero-order chi connectivity index (χ0) is 14.4. The van der Waals surface area contributed by atoms with Crippen LogP contribution in [0, 0.1) is 9.39 Å². The molecule has 0 aliphatic heterocycles. The van der Waals surface area contributed by atoms with Gasteiger partial charge in [0.1, 0.15) is 5.82 Å². The Bertz CT molecular complexity index is 482. The van der Waals surface area contributed by atoms with Gasteiger partial charge < -0.3 is 15.7 Å². The van der Waals surface area contributed by atoms with Crippen LogP contribution in [0.1, 0.15) is 19.8 Å². The van der Waals surface area contributed by atoms with E-state index in [2.05, 4.69) is 10.6 Å². The number of amides is 2. The fourth-order valence-corrected chi connectivity index (χ4v) is 2.00. The first-order valence-electron chi connectivity index (χ1n) is 5.63. The van der Waals surface area contributed by atoms with Crippen molar-refractivity contribution < 1.29 is 19.1 Å². The summed E-state index contributed by atoms with van der Waals surface area (Å²) in [6.07, 6.45) is 0.346. The van der Waals surface area contributed by atoms with Crippen molar-refractivity contribution in [2.75, 3.05) is 5.32 Å². The van der Waals surface area contributed by atoms with Crippen molar-refractivity contribution in [3.8, 4) is 0 Å². The van der Waals surface area contributed by atoms with Gasteiger partial charge in [0.05, 0.1) is 5.69 Å². The predicted molar refractivity (Wildman–Crippen MR) is 77.6 cm³/mol. The molecule has 0 aromatic heterocycles. The maximum absolute atomic E-state index is 12.9. The fourth-order valence-electron chi connectivity index (χ4n) is 1.39. The van der Waals surface area contributed by atoms with Crippen LogP contribution in [0.15, 0.2) is 18.2 Å². The molecule has 0 fully saturated rings. The number of nitrogens with one attached hydrogen (secondary N) is 2. The number of carbonyl (C=O) groups is 2. The lowest BCUT2D eigenvalue weighted by Crippen LogP contribution is -2.36. The summed E-state index contributed by atoms with van der Waals surface area (Å²) in [4.78, 5) is 22.0. The van der Waals surface area contributed by atoms with Crippen molar-refractivity contribution in [3.05, 3.63) is 27.6 Å². The van der Waals surface area contributed by atoms with Crippen LogP contribution >= 0.6 is 22.6 Å². The standard InChI is InChI=1S/C12H14FIN2O3/c1-7(2-5-11(17)18)15-12(19)16-10-4-3-8(13)6-9(10)14/h3-4,6-7H,2,5H2,1H3,(H,17,18)(H2,15,16,19). The molecular formula is C12H14FIN2O3. The molecular weight excluding hydrogens is 366 g/mol. The molecule has 1 atom stereocenters. The van der Waals surface area contributed by atoms with E-state index in [1.807, 2.05) is 22.6 Å². The average molecular weight is 380 g/mol. The summed E-state index contributed by atoms with van der Waals surface area (Å²) in [5.41, 5.74) is 0.505. The average Bonchev–Trinajstić information content (AvgIpc) is 2.30. The van der Waals surface area contributed by atoms with Gasteiger partial charge in [0.15, 0.2) is 0 Å². The smallest absolute Gasteiger partial charge is 0.319 e. The number of halogens is 2. The molecule has 0 heterocycles. The Hall–Kier alpha value is -1.38. The van der Waals surface area contributed by atoms with Gasteiger partial charge in [-0.3, -0.25) is 4.79 Å². The SMILES string of the molecule is CC(CCC(=O)O)NC(=O)Nc1ccc(F)cc1I. The minimum absolute atomic E-state index is 0.00444. The van der Waals surface area contributed by atoms with Crippen molar-refractivity contribution >= 4 is 40.3 Å². The van der Waals surface area contributed by atoms with Crippen LogP contribution in [0.25, 0.3) is 0 Å². The Morgan fingerprint density at radius 3 is 2.74 bits per heavy atom. The molecule has 1 aromatic carbocycles. The third-order valence-corrected chi connectivity index (χ3v) is 3.24. The second-order valence-corrected chi connectivity index (χ2v) is 5.22. The van der Waals surface area contributed by atoms with E-state index in [1.165, 1.54) is 18.2 Å². The van der Waals surface area contributed by atoms with E-state index < -0.39 is 12.0 Å². The highest BCUT2D eigenvalue weighted by atomic mass is 127. The van der Waals surface area contributed by atoms with Gasteiger partial charge in [-0.1, -0.05) is 0 Å². The van der Waals surface area contributed by atoms with Crippen molar-refractivity contribution in [2.45, 2.75) is 25.8 Å². The molecule has 3 N–H and O–H groups in total. The van der Waals surface area contributed by atoms with Gasteiger partial charge in [0, 0.05) is 16.0 Å². The number of carboxylic acid groups (broad SMARTS) is 1. The molecule has 0 saturated heterocycles. The normalized spacial score (nSPS) is 11.7. The summed E-state index contributed by atoms with van der Waals surface area (Å²) in [5.74, 6) is -1.27. The summed E-state index contributed by atoms with van der Waals surface area (Å²) < 4.78 is 13.5. The molecule has 0 saturated carbocycles. The molecule has 7 heteroatoms. The number of urea groups is 1. The van der Waals surface area contributed by atoms with E-state index in [4.69, 9.17) is 5.11 Å². The van der Waals surface area contributed by atoms with E-state index in [0.29, 0.717) is 15.7 Å². The third kappa shape index (κ3) is 5.86. The Kier molecular flexibility index (Phi) is 6.00. The largest absolute Gasteiger partial charge is 0.481 e. The second-order valence-electron chi connectivity index (χ2n) is 4.06. The maximum atomic E-state index is 12.9. The third-order valence-electron chi connectivity index (χ3n) is 2.35. The number of carboxylic acids is 1. The number of aliphatic carboxylic acids is 1. The molecule has 2 amide bonds. The Morgan fingerprint density at radius 2 is 2.16 bits per heavy atom. The van der Waals surface area contributed by atoms with Gasteiger partial charge in [-0.15, -0.1) is 0 Å². The molecule has 1 aromatic rings. The summed E-state index contributed by atoms with van der Waals surface area (Å²) in [7, 11) is 0. The molecule has 19 heavy (non-hydrogen) atoms. The first-order chi connectivity index (χ1) is 8.88. The van der Waals surface area contributed by atoms with Gasteiger partial charge in [-0.05, 0) is 54.1 Å². The first-order valence-corrected chi connectivity index (χ1v) is 6.70. The lowest BCUT2D eigenvalue weighted by molar-refractivity contribution is -0.137. The maximum Gasteiger partial charge on any atom is 0.319 e. The highest BCUT2D eigenvalue weighted by Gasteiger charge is 2.10.